The molecular weight excluding hydrogens is 224 g/mol. The number of amides is 1. The molecule has 3 N–H and O–H groups in total. The van der Waals surface area contributed by atoms with Crippen LogP contribution < -0.4 is 11.1 Å². The average Bonchev–Trinajstić information content (AvgIpc) is 2.42. The lowest BCUT2D eigenvalue weighted by molar-refractivity contribution is -0.125. The van der Waals surface area contributed by atoms with Crippen LogP contribution >= 0.6 is 12.4 Å². The number of halogens is 1. The van der Waals surface area contributed by atoms with Crippen LogP contribution in [0.4, 0.5) is 0 Å². The van der Waals surface area contributed by atoms with Gasteiger partial charge in [-0.15, -0.1) is 12.4 Å². The molecule has 0 spiro atoms. The van der Waals surface area contributed by atoms with E-state index < -0.39 is 5.41 Å². The molecule has 0 heterocycles. The standard InChI is InChI=1S/C12H24N2O.ClH/c1-12(2,11(13)15)9-14-10-7-5-3-4-6-8-10;/h10,14H,3-9H2,1-2H3,(H2,13,15);1H. The first-order chi connectivity index (χ1) is 7.02. The molecule has 1 saturated carbocycles. The smallest absolute Gasteiger partial charge is 0.224 e. The van der Waals surface area contributed by atoms with E-state index in [2.05, 4.69) is 5.32 Å². The summed E-state index contributed by atoms with van der Waals surface area (Å²) in [6.07, 6.45) is 7.84. The van der Waals surface area contributed by atoms with Gasteiger partial charge in [0.1, 0.15) is 0 Å². The molecule has 0 unspecified atom stereocenters. The van der Waals surface area contributed by atoms with Gasteiger partial charge in [-0.1, -0.05) is 25.7 Å². The molecule has 0 atom stereocenters. The highest BCUT2D eigenvalue weighted by molar-refractivity contribution is 5.85. The van der Waals surface area contributed by atoms with Gasteiger partial charge in [-0.25, -0.2) is 0 Å². The first-order valence-corrected chi connectivity index (χ1v) is 6.06. The van der Waals surface area contributed by atoms with Crippen molar-refractivity contribution >= 4 is 18.3 Å². The zero-order valence-electron chi connectivity index (χ0n) is 10.4. The Morgan fingerprint density at radius 1 is 1.25 bits per heavy atom. The summed E-state index contributed by atoms with van der Waals surface area (Å²) in [5.74, 6) is -0.219. The lowest BCUT2D eigenvalue weighted by Crippen LogP contribution is -2.43. The molecule has 4 heteroatoms. The minimum atomic E-state index is -0.424. The third-order valence-corrected chi connectivity index (χ3v) is 3.35. The summed E-state index contributed by atoms with van der Waals surface area (Å²) >= 11 is 0. The van der Waals surface area contributed by atoms with Gasteiger partial charge in [0.25, 0.3) is 0 Å². The van der Waals surface area contributed by atoms with Crippen LogP contribution in [0.25, 0.3) is 0 Å². The molecule has 0 saturated heterocycles. The van der Waals surface area contributed by atoms with Crippen LogP contribution in [0.3, 0.4) is 0 Å². The number of hydrogen-bond acceptors (Lipinski definition) is 2. The molecule has 1 amide bonds. The van der Waals surface area contributed by atoms with Crippen molar-refractivity contribution in [1.29, 1.82) is 0 Å². The third-order valence-electron chi connectivity index (χ3n) is 3.35. The Hall–Kier alpha value is -0.280. The van der Waals surface area contributed by atoms with E-state index >= 15 is 0 Å². The SMILES string of the molecule is CC(C)(CNC1CCCCCC1)C(N)=O.Cl. The van der Waals surface area contributed by atoms with Gasteiger partial charge in [-0.05, 0) is 26.7 Å². The van der Waals surface area contributed by atoms with E-state index in [1.165, 1.54) is 38.5 Å². The van der Waals surface area contributed by atoms with Crippen molar-refractivity contribution in [1.82, 2.24) is 5.32 Å². The zero-order chi connectivity index (χ0) is 11.3. The van der Waals surface area contributed by atoms with E-state index in [0.717, 1.165) is 0 Å². The predicted octanol–water partition coefficient (Wildman–Crippen LogP) is 2.23. The minimum Gasteiger partial charge on any atom is -0.369 e. The summed E-state index contributed by atoms with van der Waals surface area (Å²) in [6, 6.07) is 0.589. The predicted molar refractivity (Wildman–Crippen MR) is 69.7 cm³/mol. The maximum atomic E-state index is 11.1. The van der Waals surface area contributed by atoms with Crippen molar-refractivity contribution in [2.24, 2.45) is 11.1 Å². The molecule has 1 rings (SSSR count). The van der Waals surface area contributed by atoms with E-state index in [9.17, 15) is 4.79 Å². The second-order valence-corrected chi connectivity index (χ2v) is 5.32. The van der Waals surface area contributed by atoms with Crippen LogP contribution in [0.2, 0.25) is 0 Å². The van der Waals surface area contributed by atoms with Crippen molar-refractivity contribution in [3.8, 4) is 0 Å². The number of carbonyl (C=O) groups excluding carboxylic acids is 1. The van der Waals surface area contributed by atoms with Crippen LogP contribution in [0.15, 0.2) is 0 Å². The van der Waals surface area contributed by atoms with Gasteiger partial charge < -0.3 is 11.1 Å². The summed E-state index contributed by atoms with van der Waals surface area (Å²) in [7, 11) is 0. The molecule has 0 aromatic rings. The van der Waals surface area contributed by atoms with Crippen LogP contribution in [0.5, 0.6) is 0 Å². The second-order valence-electron chi connectivity index (χ2n) is 5.32. The lowest BCUT2D eigenvalue weighted by Gasteiger charge is -2.25. The Balaban J connectivity index is 0.00000225. The summed E-state index contributed by atoms with van der Waals surface area (Å²) in [6.45, 7) is 4.51. The maximum Gasteiger partial charge on any atom is 0.224 e. The van der Waals surface area contributed by atoms with Crippen molar-refractivity contribution in [2.45, 2.75) is 58.4 Å². The summed E-state index contributed by atoms with van der Waals surface area (Å²) in [5, 5.41) is 3.48. The van der Waals surface area contributed by atoms with Gasteiger partial charge in [0, 0.05) is 12.6 Å². The van der Waals surface area contributed by atoms with Crippen molar-refractivity contribution in [3.63, 3.8) is 0 Å². The Labute approximate surface area is 105 Å². The van der Waals surface area contributed by atoms with Crippen LogP contribution in [0, 0.1) is 5.41 Å². The molecule has 0 bridgehead atoms. The van der Waals surface area contributed by atoms with Crippen LogP contribution in [-0.4, -0.2) is 18.5 Å². The Bertz CT molecular complexity index is 211. The fraction of sp³-hybridized carbons (Fsp3) is 0.917. The van der Waals surface area contributed by atoms with Gasteiger partial charge in [-0.3, -0.25) is 4.79 Å². The topological polar surface area (TPSA) is 55.1 Å². The molecule has 0 aliphatic heterocycles. The molecule has 3 nitrogen and oxygen atoms in total. The van der Waals surface area contributed by atoms with E-state index in [0.29, 0.717) is 12.6 Å². The summed E-state index contributed by atoms with van der Waals surface area (Å²) in [5.41, 5.74) is 4.91. The van der Waals surface area contributed by atoms with Gasteiger partial charge in [0.2, 0.25) is 5.91 Å². The van der Waals surface area contributed by atoms with Crippen LogP contribution in [-0.2, 0) is 4.79 Å². The fourth-order valence-electron chi connectivity index (χ4n) is 1.97. The highest BCUT2D eigenvalue weighted by Gasteiger charge is 2.25. The van der Waals surface area contributed by atoms with Gasteiger partial charge in [0.05, 0.1) is 5.41 Å². The third kappa shape index (κ3) is 5.17. The van der Waals surface area contributed by atoms with Crippen LogP contribution in [0.1, 0.15) is 52.4 Å². The first kappa shape index (κ1) is 15.7. The largest absolute Gasteiger partial charge is 0.369 e. The normalized spacial score (nSPS) is 18.6. The monoisotopic (exact) mass is 248 g/mol. The van der Waals surface area contributed by atoms with E-state index in [1.807, 2.05) is 13.8 Å². The molecule has 0 radical (unpaired) electrons. The number of nitrogens with two attached hydrogens (primary N) is 1. The van der Waals surface area contributed by atoms with E-state index in [1.54, 1.807) is 0 Å². The molecule has 1 aliphatic carbocycles. The maximum absolute atomic E-state index is 11.1. The number of nitrogens with one attached hydrogen (secondary N) is 1. The van der Waals surface area contributed by atoms with Gasteiger partial charge in [-0.2, -0.15) is 0 Å². The number of primary amides is 1. The molecule has 0 aromatic carbocycles. The molecule has 16 heavy (non-hydrogen) atoms. The second kappa shape index (κ2) is 7.13. The Morgan fingerprint density at radius 3 is 2.19 bits per heavy atom. The van der Waals surface area contributed by atoms with Crippen molar-refractivity contribution in [2.75, 3.05) is 6.54 Å². The van der Waals surface area contributed by atoms with E-state index in [-0.39, 0.29) is 18.3 Å². The zero-order valence-corrected chi connectivity index (χ0v) is 11.2. The number of carbonyl (C=O) groups is 1. The minimum absolute atomic E-state index is 0. The highest BCUT2D eigenvalue weighted by Crippen LogP contribution is 2.19. The van der Waals surface area contributed by atoms with E-state index in [4.69, 9.17) is 5.73 Å². The molecular formula is C12H25ClN2O. The Kier molecular flexibility index (Phi) is 7.00. The fourth-order valence-corrected chi connectivity index (χ4v) is 1.97. The average molecular weight is 249 g/mol. The first-order valence-electron chi connectivity index (χ1n) is 6.06. The summed E-state index contributed by atoms with van der Waals surface area (Å²) < 4.78 is 0. The lowest BCUT2D eigenvalue weighted by atomic mass is 9.92. The quantitative estimate of drug-likeness (QED) is 0.750. The van der Waals surface area contributed by atoms with Crippen molar-refractivity contribution < 1.29 is 4.79 Å². The van der Waals surface area contributed by atoms with Gasteiger partial charge in [0.15, 0.2) is 0 Å². The number of rotatable bonds is 4. The Morgan fingerprint density at radius 2 is 1.75 bits per heavy atom. The molecule has 96 valence electrons. The number of hydrogen-bond donors (Lipinski definition) is 2. The van der Waals surface area contributed by atoms with Crippen molar-refractivity contribution in [3.05, 3.63) is 0 Å². The highest BCUT2D eigenvalue weighted by atomic mass is 35.5. The molecule has 1 fully saturated rings. The molecule has 1 aliphatic rings. The van der Waals surface area contributed by atoms with Gasteiger partial charge >= 0.3 is 0 Å². The summed E-state index contributed by atoms with van der Waals surface area (Å²) in [4.78, 5) is 11.1. The molecule has 0 aromatic heterocycles.